The van der Waals surface area contributed by atoms with Gasteiger partial charge in [0, 0.05) is 14.1 Å². The van der Waals surface area contributed by atoms with Gasteiger partial charge < -0.3 is 9.67 Å². The van der Waals surface area contributed by atoms with Crippen LogP contribution in [-0.2, 0) is 14.1 Å². The van der Waals surface area contributed by atoms with Gasteiger partial charge in [0.2, 0.25) is 0 Å². The summed E-state index contributed by atoms with van der Waals surface area (Å²) in [5.41, 5.74) is -3.19. The molecule has 0 atom stereocenters. The van der Waals surface area contributed by atoms with Gasteiger partial charge in [-0.2, -0.15) is 0 Å². The average molecular weight is 223 g/mol. The van der Waals surface area contributed by atoms with Crippen molar-refractivity contribution in [3.8, 4) is 5.88 Å². The normalized spacial score (nSPS) is 9.47. The van der Waals surface area contributed by atoms with Gasteiger partial charge in [0.15, 0.2) is 0 Å². The van der Waals surface area contributed by atoms with Crippen LogP contribution in [0, 0.1) is 10.1 Å². The molecule has 1 rings (SSSR count). The molecule has 1 aromatic rings. The first kappa shape index (κ1) is 13.9. The molecule has 0 amide bonds. The Bertz CT molecular complexity index is 517. The van der Waals surface area contributed by atoms with Crippen molar-refractivity contribution in [1.82, 2.24) is 9.13 Å². The number of aromatic nitrogens is 2. The molecule has 0 bridgehead atoms. The molecule has 0 fully saturated rings. The van der Waals surface area contributed by atoms with Crippen molar-refractivity contribution >= 4 is 5.69 Å². The Balaban J connectivity index is 0.00000196. The first-order valence-corrected chi connectivity index (χ1v) is 3.49. The van der Waals surface area contributed by atoms with E-state index in [1.807, 2.05) is 0 Å². The predicted molar refractivity (Wildman–Crippen MR) is 43.0 cm³/mol. The summed E-state index contributed by atoms with van der Waals surface area (Å²) in [6, 6.07) is 0. The van der Waals surface area contributed by atoms with Crippen LogP contribution < -0.4 is 45.9 Å². The van der Waals surface area contributed by atoms with E-state index in [0.717, 1.165) is 14.1 Å². The number of hydrogen-bond acceptors (Lipinski definition) is 5. The van der Waals surface area contributed by atoms with Gasteiger partial charge in [0.05, 0.1) is 10.8 Å². The quantitative estimate of drug-likeness (QED) is 0.269. The molecule has 1 heterocycles. The maximum atomic E-state index is 11.1. The second-order valence-electron chi connectivity index (χ2n) is 2.62. The predicted octanol–water partition coefficient (Wildman–Crippen LogP) is -4.93. The summed E-state index contributed by atoms with van der Waals surface area (Å²) < 4.78 is 1.03. The molecule has 0 aromatic carbocycles. The van der Waals surface area contributed by atoms with Crippen molar-refractivity contribution in [3.05, 3.63) is 31.0 Å². The monoisotopic (exact) mass is 223 g/mol. The molecule has 8 nitrogen and oxygen atoms in total. The standard InChI is InChI=1S/C6H7N3O5.Na/c1-7-4(10)3(9(13)14)5(11)8(2)6(7)12;/h10H,1-2H3;/q;+1/p-1. The van der Waals surface area contributed by atoms with Crippen molar-refractivity contribution in [2.24, 2.45) is 14.1 Å². The molecule has 0 unspecified atom stereocenters. The number of rotatable bonds is 1. The number of hydrogen-bond donors (Lipinski definition) is 0. The fraction of sp³-hybridized carbons (Fsp3) is 0.333. The number of nitro groups is 1. The van der Waals surface area contributed by atoms with Crippen LogP contribution in [0.4, 0.5) is 5.69 Å². The first-order valence-electron chi connectivity index (χ1n) is 3.49. The van der Waals surface area contributed by atoms with Crippen LogP contribution >= 0.6 is 0 Å². The third-order valence-electron chi connectivity index (χ3n) is 1.77. The minimum Gasteiger partial charge on any atom is -0.855 e. The summed E-state index contributed by atoms with van der Waals surface area (Å²) in [7, 11) is 2.13. The van der Waals surface area contributed by atoms with Crippen molar-refractivity contribution in [2.45, 2.75) is 0 Å². The van der Waals surface area contributed by atoms with Crippen molar-refractivity contribution in [1.29, 1.82) is 0 Å². The Hall–Kier alpha value is -1.12. The Morgan fingerprint density at radius 3 is 2.07 bits per heavy atom. The Labute approximate surface area is 105 Å². The van der Waals surface area contributed by atoms with Crippen LogP contribution in [0.5, 0.6) is 5.88 Å². The minimum atomic E-state index is -1.19. The van der Waals surface area contributed by atoms with Gasteiger partial charge in [0.25, 0.3) is 0 Å². The van der Waals surface area contributed by atoms with Crippen LogP contribution in [-0.4, -0.2) is 14.1 Å². The van der Waals surface area contributed by atoms with Gasteiger partial charge in [-0.25, -0.2) is 4.79 Å². The maximum absolute atomic E-state index is 11.1. The van der Waals surface area contributed by atoms with E-state index >= 15 is 0 Å². The summed E-state index contributed by atoms with van der Waals surface area (Å²) in [4.78, 5) is 31.4. The van der Waals surface area contributed by atoms with E-state index in [2.05, 4.69) is 0 Å². The van der Waals surface area contributed by atoms with E-state index in [-0.39, 0.29) is 29.6 Å². The molecule has 0 aliphatic heterocycles. The van der Waals surface area contributed by atoms with Gasteiger partial charge in [-0.05, 0) is 0 Å². The smallest absolute Gasteiger partial charge is 0.855 e. The van der Waals surface area contributed by atoms with Gasteiger partial charge in [-0.15, -0.1) is 0 Å². The summed E-state index contributed by atoms with van der Waals surface area (Å²) >= 11 is 0. The van der Waals surface area contributed by atoms with Crippen LogP contribution in [0.15, 0.2) is 9.59 Å². The molecule has 0 aliphatic rings. The van der Waals surface area contributed by atoms with Crippen molar-refractivity contribution in [2.75, 3.05) is 0 Å². The topological polar surface area (TPSA) is 110 Å². The molecule has 1 aromatic heterocycles. The van der Waals surface area contributed by atoms with Crippen molar-refractivity contribution < 1.29 is 39.6 Å². The van der Waals surface area contributed by atoms with E-state index < -0.39 is 27.7 Å². The third kappa shape index (κ3) is 2.11. The second kappa shape index (κ2) is 4.60. The molecule has 76 valence electrons. The van der Waals surface area contributed by atoms with Crippen LogP contribution in [0.25, 0.3) is 0 Å². The molecule has 0 spiro atoms. The molecule has 0 N–H and O–H groups in total. The zero-order valence-electron chi connectivity index (χ0n) is 8.38. The first-order chi connectivity index (χ1) is 6.37. The minimum absolute atomic E-state index is 0. The fourth-order valence-electron chi connectivity index (χ4n) is 0.964. The Morgan fingerprint density at radius 2 is 1.67 bits per heavy atom. The van der Waals surface area contributed by atoms with Crippen LogP contribution in [0.1, 0.15) is 0 Å². The number of nitrogens with zero attached hydrogens (tertiary/aromatic N) is 3. The molecule has 15 heavy (non-hydrogen) atoms. The zero-order chi connectivity index (χ0) is 11.0. The largest absolute Gasteiger partial charge is 1.00 e. The summed E-state index contributed by atoms with van der Waals surface area (Å²) in [6.45, 7) is 0. The average Bonchev–Trinajstić information content (AvgIpc) is 2.11. The van der Waals surface area contributed by atoms with Crippen molar-refractivity contribution in [3.63, 3.8) is 0 Å². The van der Waals surface area contributed by atoms with Gasteiger partial charge in [-0.1, -0.05) is 0 Å². The van der Waals surface area contributed by atoms with E-state index in [1.165, 1.54) is 0 Å². The summed E-state index contributed by atoms with van der Waals surface area (Å²) in [5, 5.41) is 21.4. The molecule has 0 saturated heterocycles. The molecular formula is C6H6N3NaO5. The second-order valence-corrected chi connectivity index (χ2v) is 2.62. The maximum Gasteiger partial charge on any atom is 1.00 e. The zero-order valence-corrected chi connectivity index (χ0v) is 10.4. The molecule has 0 radical (unpaired) electrons. The van der Waals surface area contributed by atoms with E-state index in [1.54, 1.807) is 0 Å². The summed E-state index contributed by atoms with van der Waals surface area (Å²) in [5.74, 6) is -1.19. The third-order valence-corrected chi connectivity index (χ3v) is 1.77. The molecular weight excluding hydrogens is 217 g/mol. The van der Waals surface area contributed by atoms with Crippen LogP contribution in [0.2, 0.25) is 0 Å². The van der Waals surface area contributed by atoms with E-state index in [9.17, 15) is 24.8 Å². The molecule has 0 saturated carbocycles. The van der Waals surface area contributed by atoms with Gasteiger partial charge >= 0.3 is 46.5 Å². The van der Waals surface area contributed by atoms with E-state index in [4.69, 9.17) is 0 Å². The molecule has 9 heteroatoms. The van der Waals surface area contributed by atoms with Gasteiger partial charge in [0.1, 0.15) is 0 Å². The van der Waals surface area contributed by atoms with Crippen LogP contribution in [0.3, 0.4) is 0 Å². The SMILES string of the molecule is Cn1c([O-])c([N+](=O)[O-])c(=O)n(C)c1=O.[Na+]. The summed E-state index contributed by atoms with van der Waals surface area (Å²) in [6.07, 6.45) is 0. The van der Waals surface area contributed by atoms with E-state index in [0.29, 0.717) is 9.13 Å². The Kier molecular flexibility index (Phi) is 4.26. The molecule has 0 aliphatic carbocycles. The fourth-order valence-corrected chi connectivity index (χ4v) is 0.964. The Morgan fingerprint density at radius 1 is 1.20 bits per heavy atom. The van der Waals surface area contributed by atoms with Gasteiger partial charge in [-0.3, -0.25) is 19.5 Å².